The Labute approximate surface area is 132 Å². The number of nitrogens with zero attached hydrogens (tertiary/aromatic N) is 2. The molecule has 0 saturated heterocycles. The van der Waals surface area contributed by atoms with Crippen LogP contribution < -0.4 is 5.32 Å². The average Bonchev–Trinajstić information content (AvgIpc) is 2.46. The normalized spacial score (nSPS) is 18.4. The van der Waals surface area contributed by atoms with Crippen LogP contribution in [-0.2, 0) is 9.53 Å². The molecule has 7 nitrogen and oxygen atoms in total. The Morgan fingerprint density at radius 2 is 2.27 bits per heavy atom. The summed E-state index contributed by atoms with van der Waals surface area (Å²) >= 11 is 5.74. The lowest BCUT2D eigenvalue weighted by molar-refractivity contribution is -0.133. The molecule has 2 rings (SSSR count). The van der Waals surface area contributed by atoms with Gasteiger partial charge < -0.3 is 15.2 Å². The number of nitrogens with one attached hydrogen (secondary N) is 1. The molecule has 0 aliphatic carbocycles. The van der Waals surface area contributed by atoms with Gasteiger partial charge in [-0.25, -0.2) is 14.6 Å². The van der Waals surface area contributed by atoms with E-state index in [1.54, 1.807) is 19.1 Å². The first-order valence-corrected chi connectivity index (χ1v) is 6.96. The van der Waals surface area contributed by atoms with Crippen LogP contribution in [0.5, 0.6) is 0 Å². The van der Waals surface area contributed by atoms with Crippen LogP contribution in [0.2, 0.25) is 5.15 Å². The van der Waals surface area contributed by atoms with Crippen molar-refractivity contribution < 1.29 is 19.4 Å². The molecule has 22 heavy (non-hydrogen) atoms. The van der Waals surface area contributed by atoms with Crippen molar-refractivity contribution in [3.05, 3.63) is 40.3 Å². The first-order chi connectivity index (χ1) is 10.5. The van der Waals surface area contributed by atoms with Crippen molar-refractivity contribution in [3.8, 4) is 0 Å². The van der Waals surface area contributed by atoms with Crippen LogP contribution in [-0.4, -0.2) is 47.3 Å². The van der Waals surface area contributed by atoms with Gasteiger partial charge in [0.15, 0.2) is 0 Å². The maximum absolute atomic E-state index is 12.2. The van der Waals surface area contributed by atoms with Crippen LogP contribution in [0.1, 0.15) is 18.5 Å². The van der Waals surface area contributed by atoms with E-state index in [-0.39, 0.29) is 18.1 Å². The second kappa shape index (κ2) is 6.76. The zero-order chi connectivity index (χ0) is 16.3. The van der Waals surface area contributed by atoms with E-state index in [1.165, 1.54) is 18.2 Å². The Morgan fingerprint density at radius 1 is 1.55 bits per heavy atom. The summed E-state index contributed by atoms with van der Waals surface area (Å²) in [7, 11) is 1.52. The number of carboxylic acid groups (broad SMARTS) is 1. The number of carbonyl (C=O) groups is 2. The van der Waals surface area contributed by atoms with Crippen LogP contribution in [0.3, 0.4) is 0 Å². The highest BCUT2D eigenvalue weighted by molar-refractivity contribution is 6.29. The number of aromatic nitrogens is 1. The molecule has 1 aliphatic heterocycles. The van der Waals surface area contributed by atoms with Gasteiger partial charge in [0, 0.05) is 19.0 Å². The maximum Gasteiger partial charge on any atom is 0.335 e. The summed E-state index contributed by atoms with van der Waals surface area (Å²) in [6, 6.07) is 2.05. The molecule has 1 aromatic heterocycles. The van der Waals surface area contributed by atoms with E-state index in [1.807, 2.05) is 0 Å². The first kappa shape index (κ1) is 16.3. The average molecular weight is 326 g/mol. The number of hydrogen-bond acceptors (Lipinski definition) is 4. The van der Waals surface area contributed by atoms with E-state index in [4.69, 9.17) is 16.3 Å². The summed E-state index contributed by atoms with van der Waals surface area (Å²) in [5.41, 5.74) is 1.04. The van der Waals surface area contributed by atoms with E-state index < -0.39 is 12.0 Å². The van der Waals surface area contributed by atoms with E-state index in [0.29, 0.717) is 23.0 Å². The molecule has 1 aliphatic rings. The maximum atomic E-state index is 12.2. The van der Waals surface area contributed by atoms with Crippen molar-refractivity contribution in [1.29, 1.82) is 0 Å². The van der Waals surface area contributed by atoms with Crippen molar-refractivity contribution in [3.63, 3.8) is 0 Å². The molecule has 2 N–H and O–H groups in total. The number of amides is 2. The molecule has 2 heterocycles. The number of halogens is 1. The number of rotatable bonds is 5. The number of methoxy groups -OCH3 is 1. The van der Waals surface area contributed by atoms with Crippen LogP contribution in [0.25, 0.3) is 0 Å². The van der Waals surface area contributed by atoms with Crippen LogP contribution >= 0.6 is 11.6 Å². The fourth-order valence-electron chi connectivity index (χ4n) is 2.32. The lowest BCUT2D eigenvalue weighted by atomic mass is 9.96. The molecule has 0 spiro atoms. The molecule has 8 heteroatoms. The van der Waals surface area contributed by atoms with Gasteiger partial charge in [-0.3, -0.25) is 4.90 Å². The van der Waals surface area contributed by atoms with Crippen molar-refractivity contribution in [1.82, 2.24) is 15.2 Å². The SMILES string of the molecule is COCCN1C(=O)NC(c2ccc(Cl)nc2)C(C(=O)O)=C1C. The lowest BCUT2D eigenvalue weighted by Crippen LogP contribution is -2.48. The molecular weight excluding hydrogens is 310 g/mol. The highest BCUT2D eigenvalue weighted by Crippen LogP contribution is 2.30. The van der Waals surface area contributed by atoms with Gasteiger partial charge >= 0.3 is 12.0 Å². The highest BCUT2D eigenvalue weighted by atomic mass is 35.5. The van der Waals surface area contributed by atoms with Gasteiger partial charge in [-0.2, -0.15) is 0 Å². The standard InChI is InChI=1S/C14H16ClN3O4/c1-8-11(13(19)20)12(9-3-4-10(15)16-7-9)17-14(21)18(8)5-6-22-2/h3-4,7,12H,5-6H2,1-2H3,(H,17,21)(H,19,20). The van der Waals surface area contributed by atoms with Gasteiger partial charge in [0.05, 0.1) is 24.8 Å². The van der Waals surface area contributed by atoms with Gasteiger partial charge in [-0.1, -0.05) is 17.7 Å². The monoisotopic (exact) mass is 325 g/mol. The van der Waals surface area contributed by atoms with Crippen molar-refractivity contribution >= 4 is 23.6 Å². The van der Waals surface area contributed by atoms with Crippen molar-refractivity contribution in [2.75, 3.05) is 20.3 Å². The Morgan fingerprint density at radius 3 is 2.82 bits per heavy atom. The predicted molar refractivity (Wildman–Crippen MR) is 79.4 cm³/mol. The van der Waals surface area contributed by atoms with E-state index in [0.717, 1.165) is 0 Å². The minimum absolute atomic E-state index is 0.0971. The largest absolute Gasteiger partial charge is 0.478 e. The molecule has 118 valence electrons. The zero-order valence-corrected chi connectivity index (χ0v) is 12.9. The third kappa shape index (κ3) is 3.20. The molecular formula is C14H16ClN3O4. The number of allylic oxidation sites excluding steroid dienone is 1. The Balaban J connectivity index is 2.42. The fraction of sp³-hybridized carbons (Fsp3) is 0.357. The minimum Gasteiger partial charge on any atom is -0.478 e. The molecule has 0 fully saturated rings. The number of carbonyl (C=O) groups excluding carboxylic acids is 1. The number of carboxylic acids is 1. The van der Waals surface area contributed by atoms with Gasteiger partial charge in [0.25, 0.3) is 0 Å². The first-order valence-electron chi connectivity index (χ1n) is 6.58. The predicted octanol–water partition coefficient (Wildman–Crippen LogP) is 1.81. The van der Waals surface area contributed by atoms with Gasteiger partial charge in [-0.05, 0) is 18.6 Å². The summed E-state index contributed by atoms with van der Waals surface area (Å²) < 4.78 is 4.95. The van der Waals surface area contributed by atoms with Crippen LogP contribution in [0.4, 0.5) is 4.79 Å². The topological polar surface area (TPSA) is 91.8 Å². The summed E-state index contributed by atoms with van der Waals surface area (Å²) in [4.78, 5) is 29.1. The third-order valence-electron chi connectivity index (χ3n) is 3.43. The number of hydrogen-bond donors (Lipinski definition) is 2. The summed E-state index contributed by atoms with van der Waals surface area (Å²) in [5, 5.41) is 12.5. The lowest BCUT2D eigenvalue weighted by Gasteiger charge is -2.34. The van der Waals surface area contributed by atoms with E-state index >= 15 is 0 Å². The Hall–Kier alpha value is -2.12. The number of urea groups is 1. The van der Waals surface area contributed by atoms with Gasteiger partial charge in [-0.15, -0.1) is 0 Å². The van der Waals surface area contributed by atoms with Crippen molar-refractivity contribution in [2.24, 2.45) is 0 Å². The second-order valence-electron chi connectivity index (χ2n) is 4.75. The zero-order valence-electron chi connectivity index (χ0n) is 12.2. The molecule has 1 aromatic rings. The molecule has 0 saturated carbocycles. The Bertz CT molecular complexity index is 615. The number of aliphatic carboxylic acids is 1. The van der Waals surface area contributed by atoms with Gasteiger partial charge in [0.2, 0.25) is 0 Å². The Kier molecular flexibility index (Phi) is 4.99. The minimum atomic E-state index is -1.10. The van der Waals surface area contributed by atoms with Gasteiger partial charge in [0.1, 0.15) is 5.15 Å². The summed E-state index contributed by atoms with van der Waals surface area (Å²) in [6.07, 6.45) is 1.45. The molecule has 0 aromatic carbocycles. The highest BCUT2D eigenvalue weighted by Gasteiger charge is 2.35. The molecule has 1 atom stereocenters. The number of pyridine rings is 1. The van der Waals surface area contributed by atoms with Crippen molar-refractivity contribution in [2.45, 2.75) is 13.0 Å². The molecule has 0 bridgehead atoms. The molecule has 0 radical (unpaired) electrons. The van der Waals surface area contributed by atoms with Crippen LogP contribution in [0.15, 0.2) is 29.6 Å². The molecule has 2 amide bonds. The number of ether oxygens (including phenoxy) is 1. The fourth-order valence-corrected chi connectivity index (χ4v) is 2.43. The van der Waals surface area contributed by atoms with E-state index in [2.05, 4.69) is 10.3 Å². The smallest absolute Gasteiger partial charge is 0.335 e. The second-order valence-corrected chi connectivity index (χ2v) is 5.13. The quantitative estimate of drug-likeness (QED) is 0.805. The third-order valence-corrected chi connectivity index (χ3v) is 3.65. The van der Waals surface area contributed by atoms with E-state index in [9.17, 15) is 14.7 Å². The molecule has 1 unspecified atom stereocenters. The summed E-state index contributed by atoms with van der Waals surface area (Å²) in [6.45, 7) is 2.19. The summed E-state index contributed by atoms with van der Waals surface area (Å²) in [5.74, 6) is -1.10. The van der Waals surface area contributed by atoms with Crippen LogP contribution in [0, 0.1) is 0 Å².